The minimum absolute atomic E-state index is 0.120. The molecule has 0 spiro atoms. The van der Waals surface area contributed by atoms with E-state index in [2.05, 4.69) is 46.0 Å². The summed E-state index contributed by atoms with van der Waals surface area (Å²) in [7, 11) is 0. The van der Waals surface area contributed by atoms with Gasteiger partial charge >= 0.3 is 0 Å². The third-order valence-corrected chi connectivity index (χ3v) is 3.48. The van der Waals surface area contributed by atoms with E-state index in [0.29, 0.717) is 11.5 Å². The zero-order chi connectivity index (χ0) is 13.1. The van der Waals surface area contributed by atoms with Crippen LogP contribution in [0.25, 0.3) is 0 Å². The minimum atomic E-state index is 0.120. The Morgan fingerprint density at radius 1 is 1.12 bits per heavy atom. The fourth-order valence-corrected chi connectivity index (χ4v) is 3.34. The summed E-state index contributed by atoms with van der Waals surface area (Å²) < 4.78 is 0. The van der Waals surface area contributed by atoms with Crippen molar-refractivity contribution < 1.29 is 0 Å². The first-order chi connectivity index (χ1) is 7.73. The Morgan fingerprint density at radius 2 is 1.71 bits per heavy atom. The second kappa shape index (κ2) is 5.40. The van der Waals surface area contributed by atoms with E-state index in [4.69, 9.17) is 0 Å². The minimum Gasteiger partial charge on any atom is -0.308 e. The molecule has 17 heavy (non-hydrogen) atoms. The van der Waals surface area contributed by atoms with Crippen molar-refractivity contribution in [1.29, 1.82) is 5.26 Å². The Bertz CT molecular complexity index is 280. The predicted molar refractivity (Wildman–Crippen MR) is 72.6 cm³/mol. The van der Waals surface area contributed by atoms with Gasteiger partial charge in [-0.3, -0.25) is 0 Å². The summed E-state index contributed by atoms with van der Waals surface area (Å²) in [4.78, 5) is 0. The van der Waals surface area contributed by atoms with Gasteiger partial charge in [-0.1, -0.05) is 33.6 Å². The van der Waals surface area contributed by atoms with Gasteiger partial charge in [0, 0.05) is 11.6 Å². The molecule has 1 aliphatic rings. The molecule has 2 nitrogen and oxygen atoms in total. The van der Waals surface area contributed by atoms with E-state index in [1.54, 1.807) is 0 Å². The lowest BCUT2D eigenvalue weighted by Crippen LogP contribution is -2.51. The largest absolute Gasteiger partial charge is 0.308 e. The zero-order valence-corrected chi connectivity index (χ0v) is 12.1. The molecule has 0 bridgehead atoms. The van der Waals surface area contributed by atoms with E-state index in [0.717, 1.165) is 19.3 Å². The molecule has 98 valence electrons. The molecular formula is C15H28N2. The molecule has 0 heterocycles. The fourth-order valence-electron chi connectivity index (χ4n) is 3.34. The molecule has 0 amide bonds. The van der Waals surface area contributed by atoms with Crippen LogP contribution in [0.2, 0.25) is 0 Å². The molecule has 0 aromatic carbocycles. The summed E-state index contributed by atoms with van der Waals surface area (Å²) in [6.07, 6.45) is 5.85. The van der Waals surface area contributed by atoms with E-state index in [1.807, 2.05) is 0 Å². The van der Waals surface area contributed by atoms with Gasteiger partial charge in [-0.15, -0.1) is 0 Å². The van der Waals surface area contributed by atoms with Crippen LogP contribution in [-0.2, 0) is 0 Å². The van der Waals surface area contributed by atoms with E-state index < -0.39 is 0 Å². The normalized spacial score (nSPS) is 26.6. The topological polar surface area (TPSA) is 35.8 Å². The molecule has 1 saturated carbocycles. The summed E-state index contributed by atoms with van der Waals surface area (Å²) in [6.45, 7) is 11.4. The number of hydrogen-bond donors (Lipinski definition) is 1. The van der Waals surface area contributed by atoms with Crippen molar-refractivity contribution in [3.63, 3.8) is 0 Å². The van der Waals surface area contributed by atoms with Crippen LogP contribution in [0.5, 0.6) is 0 Å². The number of nitrogens with zero attached hydrogens (tertiary/aromatic N) is 1. The molecule has 1 N–H and O–H groups in total. The fraction of sp³-hybridized carbons (Fsp3) is 0.933. The first kappa shape index (κ1) is 14.5. The molecule has 2 unspecified atom stereocenters. The summed E-state index contributed by atoms with van der Waals surface area (Å²) in [5.41, 5.74) is 0.447. The maximum absolute atomic E-state index is 9.20. The summed E-state index contributed by atoms with van der Waals surface area (Å²) >= 11 is 0. The predicted octanol–water partition coefficient (Wildman–Crippen LogP) is 3.87. The molecule has 2 atom stereocenters. The van der Waals surface area contributed by atoms with Gasteiger partial charge in [-0.25, -0.2) is 0 Å². The van der Waals surface area contributed by atoms with E-state index in [-0.39, 0.29) is 11.5 Å². The van der Waals surface area contributed by atoms with Gasteiger partial charge in [0.15, 0.2) is 0 Å². The van der Waals surface area contributed by atoms with Crippen LogP contribution in [0.15, 0.2) is 0 Å². The lowest BCUT2D eigenvalue weighted by Gasteiger charge is -2.39. The molecule has 0 aromatic rings. The number of nitrogens with one attached hydrogen (secondary N) is 1. The lowest BCUT2D eigenvalue weighted by molar-refractivity contribution is 0.187. The number of hydrogen-bond acceptors (Lipinski definition) is 2. The zero-order valence-electron chi connectivity index (χ0n) is 12.1. The first-order valence-electron chi connectivity index (χ1n) is 6.91. The van der Waals surface area contributed by atoms with Crippen LogP contribution >= 0.6 is 0 Å². The van der Waals surface area contributed by atoms with Crippen molar-refractivity contribution in [2.75, 3.05) is 0 Å². The lowest BCUT2D eigenvalue weighted by atomic mass is 9.79. The smallest absolute Gasteiger partial charge is 0.0672 e. The van der Waals surface area contributed by atoms with E-state index >= 15 is 0 Å². The highest BCUT2D eigenvalue weighted by Crippen LogP contribution is 2.30. The van der Waals surface area contributed by atoms with Crippen molar-refractivity contribution >= 4 is 0 Å². The van der Waals surface area contributed by atoms with E-state index in [1.165, 1.54) is 12.8 Å². The average molecular weight is 236 g/mol. The quantitative estimate of drug-likeness (QED) is 0.807. The summed E-state index contributed by atoms with van der Waals surface area (Å²) in [5.74, 6) is 0.211. The van der Waals surface area contributed by atoms with Crippen molar-refractivity contribution in [2.45, 2.75) is 78.3 Å². The molecule has 1 aliphatic carbocycles. The van der Waals surface area contributed by atoms with Crippen LogP contribution in [0.1, 0.15) is 66.7 Å². The van der Waals surface area contributed by atoms with Crippen molar-refractivity contribution in [3.05, 3.63) is 0 Å². The monoisotopic (exact) mass is 236 g/mol. The van der Waals surface area contributed by atoms with Gasteiger partial charge in [-0.05, 0) is 38.5 Å². The van der Waals surface area contributed by atoms with E-state index in [9.17, 15) is 5.26 Å². The van der Waals surface area contributed by atoms with Crippen molar-refractivity contribution in [3.8, 4) is 6.07 Å². The first-order valence-corrected chi connectivity index (χ1v) is 6.91. The molecular weight excluding hydrogens is 208 g/mol. The van der Waals surface area contributed by atoms with Gasteiger partial charge < -0.3 is 5.32 Å². The van der Waals surface area contributed by atoms with Crippen LogP contribution < -0.4 is 5.32 Å². The third-order valence-electron chi connectivity index (χ3n) is 3.48. The highest BCUT2D eigenvalue weighted by atomic mass is 15.0. The Morgan fingerprint density at radius 3 is 2.24 bits per heavy atom. The third kappa shape index (κ3) is 5.08. The van der Waals surface area contributed by atoms with Crippen LogP contribution in [0.4, 0.5) is 0 Å². The van der Waals surface area contributed by atoms with Crippen LogP contribution in [-0.4, -0.2) is 11.6 Å². The standard InChI is InChI=1S/C15H28N2/c1-14(2,3)11-15(4,5)17-13-9-7-6-8-12(13)10-16/h12-13,17H,6-9,11H2,1-5H3. The maximum Gasteiger partial charge on any atom is 0.0672 e. The Hall–Kier alpha value is -0.550. The van der Waals surface area contributed by atoms with Gasteiger partial charge in [0.1, 0.15) is 0 Å². The second-order valence-corrected chi connectivity index (χ2v) is 7.39. The summed E-state index contributed by atoms with van der Waals surface area (Å²) in [5, 5.41) is 12.9. The molecule has 1 fully saturated rings. The Kier molecular flexibility index (Phi) is 4.61. The number of rotatable bonds is 3. The summed E-state index contributed by atoms with van der Waals surface area (Å²) in [6, 6.07) is 2.87. The second-order valence-electron chi connectivity index (χ2n) is 7.39. The van der Waals surface area contributed by atoms with Crippen molar-refractivity contribution in [2.24, 2.45) is 11.3 Å². The van der Waals surface area contributed by atoms with Gasteiger partial charge in [0.05, 0.1) is 12.0 Å². The maximum atomic E-state index is 9.20. The average Bonchev–Trinajstić information content (AvgIpc) is 2.14. The van der Waals surface area contributed by atoms with Crippen LogP contribution in [0.3, 0.4) is 0 Å². The number of nitriles is 1. The SMILES string of the molecule is CC(C)(C)CC(C)(C)NC1CCCCC1C#N. The van der Waals surface area contributed by atoms with Gasteiger partial charge in [0.2, 0.25) is 0 Å². The van der Waals surface area contributed by atoms with Crippen LogP contribution in [0, 0.1) is 22.7 Å². The molecule has 0 aliphatic heterocycles. The molecule has 0 radical (unpaired) electrons. The molecule has 0 aromatic heterocycles. The Labute approximate surface area is 107 Å². The molecule has 0 saturated heterocycles. The molecule has 1 rings (SSSR count). The Balaban J connectivity index is 2.59. The molecule has 2 heteroatoms. The van der Waals surface area contributed by atoms with Gasteiger partial charge in [0.25, 0.3) is 0 Å². The highest BCUT2D eigenvalue weighted by molar-refractivity contribution is 4.98. The highest BCUT2D eigenvalue weighted by Gasteiger charge is 2.32. The van der Waals surface area contributed by atoms with Crippen molar-refractivity contribution in [1.82, 2.24) is 5.32 Å². The van der Waals surface area contributed by atoms with Gasteiger partial charge in [-0.2, -0.15) is 5.26 Å².